The van der Waals surface area contributed by atoms with Crippen LogP contribution >= 0.6 is 0 Å². The number of fused-ring (bicyclic) bond motifs is 1. The summed E-state index contributed by atoms with van der Waals surface area (Å²) in [7, 11) is 0. The fraction of sp³-hybridized carbons (Fsp3) is 0.381. The number of benzene rings is 1. The summed E-state index contributed by atoms with van der Waals surface area (Å²) in [6, 6.07) is 9.92. The maximum atomic E-state index is 12.5. The minimum atomic E-state index is -0.150. The maximum Gasteiger partial charge on any atom is 0.253 e. The highest BCUT2D eigenvalue weighted by Crippen LogP contribution is 2.37. The summed E-state index contributed by atoms with van der Waals surface area (Å²) in [6.07, 6.45) is 1.61. The molecule has 1 N–H and O–H groups in total. The second-order valence-corrected chi connectivity index (χ2v) is 7.27. The molecule has 2 amide bonds. The molecule has 1 aromatic carbocycles. The van der Waals surface area contributed by atoms with E-state index in [-0.39, 0.29) is 23.8 Å². The fourth-order valence-electron chi connectivity index (χ4n) is 3.44. The molecule has 1 atom stereocenters. The molecule has 0 radical (unpaired) electrons. The molecule has 0 saturated heterocycles. The maximum absolute atomic E-state index is 12.5. The van der Waals surface area contributed by atoms with Crippen LogP contribution in [0.5, 0.6) is 0 Å². The quantitative estimate of drug-likeness (QED) is 0.918. The van der Waals surface area contributed by atoms with Gasteiger partial charge < -0.3 is 10.2 Å². The van der Waals surface area contributed by atoms with E-state index in [2.05, 4.69) is 24.1 Å². The zero-order valence-corrected chi connectivity index (χ0v) is 15.7. The van der Waals surface area contributed by atoms with Crippen LogP contribution in [0.1, 0.15) is 59.6 Å². The van der Waals surface area contributed by atoms with Crippen LogP contribution in [0.25, 0.3) is 0 Å². The first kappa shape index (κ1) is 18.1. The van der Waals surface area contributed by atoms with Gasteiger partial charge in [0.05, 0.1) is 17.3 Å². The lowest BCUT2D eigenvalue weighted by molar-refractivity contribution is -0.132. The lowest BCUT2D eigenvalue weighted by Crippen LogP contribution is -2.30. The topological polar surface area (TPSA) is 62.3 Å². The molecule has 0 bridgehead atoms. The third kappa shape index (κ3) is 3.62. The van der Waals surface area contributed by atoms with Crippen molar-refractivity contribution in [2.24, 2.45) is 5.92 Å². The smallest absolute Gasteiger partial charge is 0.253 e. The minimum Gasteiger partial charge on any atom is -0.348 e. The molecule has 3 rings (SSSR count). The van der Waals surface area contributed by atoms with Crippen molar-refractivity contribution in [1.29, 1.82) is 0 Å². The van der Waals surface area contributed by atoms with Crippen LogP contribution in [0.2, 0.25) is 0 Å². The summed E-state index contributed by atoms with van der Waals surface area (Å²) in [5.41, 5.74) is 4.65. The molecule has 0 unspecified atom stereocenters. The van der Waals surface area contributed by atoms with Gasteiger partial charge in [0.15, 0.2) is 0 Å². The van der Waals surface area contributed by atoms with Gasteiger partial charge in [-0.1, -0.05) is 43.7 Å². The molecule has 5 heteroatoms. The number of carbonyl (C=O) groups is 2. The van der Waals surface area contributed by atoms with Crippen molar-refractivity contribution in [3.8, 4) is 0 Å². The summed E-state index contributed by atoms with van der Waals surface area (Å²) in [4.78, 5) is 30.8. The zero-order chi connectivity index (χ0) is 18.8. The number of aryl methyl sites for hydroxylation is 1. The van der Waals surface area contributed by atoms with Gasteiger partial charge in [0, 0.05) is 26.2 Å². The van der Waals surface area contributed by atoms with Crippen molar-refractivity contribution in [2.75, 3.05) is 0 Å². The Kier molecular flexibility index (Phi) is 5.07. The van der Waals surface area contributed by atoms with Crippen LogP contribution < -0.4 is 5.32 Å². The number of pyridine rings is 1. The first-order valence-electron chi connectivity index (χ1n) is 8.96. The molecule has 136 valence electrons. The predicted octanol–water partition coefficient (Wildman–Crippen LogP) is 3.38. The van der Waals surface area contributed by atoms with E-state index in [0.29, 0.717) is 18.7 Å². The average Bonchev–Trinajstić information content (AvgIpc) is 3.00. The normalized spacial score (nSPS) is 15.9. The molecule has 5 nitrogen and oxygen atoms in total. The first-order valence-corrected chi connectivity index (χ1v) is 8.96. The van der Waals surface area contributed by atoms with Gasteiger partial charge in [0.25, 0.3) is 5.91 Å². The molecule has 0 spiro atoms. The van der Waals surface area contributed by atoms with Crippen LogP contribution in [-0.2, 0) is 17.9 Å². The Morgan fingerprint density at radius 3 is 2.58 bits per heavy atom. The van der Waals surface area contributed by atoms with Crippen LogP contribution in [0.3, 0.4) is 0 Å². The second-order valence-electron chi connectivity index (χ2n) is 7.27. The molecule has 2 aromatic rings. The Morgan fingerprint density at radius 1 is 1.27 bits per heavy atom. The Labute approximate surface area is 154 Å². The minimum absolute atomic E-state index is 0.0211. The van der Waals surface area contributed by atoms with E-state index in [9.17, 15) is 9.59 Å². The lowest BCUT2D eigenvalue weighted by Gasteiger charge is -2.26. The standard InChI is InChI=1S/C21H25N3O2/c1-13(2)20-19-18(12-24(20)15(4)25)9-17(11-22-19)21(26)23-10-16-7-5-14(3)6-8-16/h5-9,11,13,20H,10,12H2,1-4H3,(H,23,26)/t20-/m0/s1. The molecule has 26 heavy (non-hydrogen) atoms. The summed E-state index contributed by atoms with van der Waals surface area (Å²) < 4.78 is 0. The van der Waals surface area contributed by atoms with E-state index in [4.69, 9.17) is 0 Å². The van der Waals surface area contributed by atoms with Crippen LogP contribution in [-0.4, -0.2) is 21.7 Å². The number of hydrogen-bond donors (Lipinski definition) is 1. The number of hydrogen-bond acceptors (Lipinski definition) is 3. The molecular weight excluding hydrogens is 326 g/mol. The van der Waals surface area contributed by atoms with Crippen LogP contribution in [0, 0.1) is 12.8 Å². The fourth-order valence-corrected chi connectivity index (χ4v) is 3.44. The van der Waals surface area contributed by atoms with Crippen molar-refractivity contribution in [3.05, 3.63) is 64.5 Å². The summed E-state index contributed by atoms with van der Waals surface area (Å²) in [5.74, 6) is 0.157. The van der Waals surface area contributed by atoms with Gasteiger partial charge in [0.1, 0.15) is 0 Å². The summed E-state index contributed by atoms with van der Waals surface area (Å²) >= 11 is 0. The van der Waals surface area contributed by atoms with Crippen molar-refractivity contribution >= 4 is 11.8 Å². The van der Waals surface area contributed by atoms with Crippen LogP contribution in [0.4, 0.5) is 0 Å². The Hall–Kier alpha value is -2.69. The SMILES string of the molecule is CC(=O)N1Cc2cc(C(=O)NCc3ccc(C)cc3)cnc2[C@@H]1C(C)C. The van der Waals surface area contributed by atoms with Gasteiger partial charge in [0.2, 0.25) is 5.91 Å². The first-order chi connectivity index (χ1) is 12.4. The number of nitrogens with zero attached hydrogens (tertiary/aromatic N) is 2. The van der Waals surface area contributed by atoms with Crippen molar-refractivity contribution in [1.82, 2.24) is 15.2 Å². The van der Waals surface area contributed by atoms with Crippen molar-refractivity contribution in [3.63, 3.8) is 0 Å². The van der Waals surface area contributed by atoms with Gasteiger partial charge in [-0.2, -0.15) is 0 Å². The van der Waals surface area contributed by atoms with Gasteiger partial charge >= 0.3 is 0 Å². The highest BCUT2D eigenvalue weighted by Gasteiger charge is 2.35. The molecule has 0 aliphatic carbocycles. The summed E-state index contributed by atoms with van der Waals surface area (Å²) in [6.45, 7) is 8.77. The largest absolute Gasteiger partial charge is 0.348 e. The van der Waals surface area contributed by atoms with Gasteiger partial charge in [-0.05, 0) is 30.0 Å². The van der Waals surface area contributed by atoms with Gasteiger partial charge in [-0.25, -0.2) is 0 Å². The summed E-state index contributed by atoms with van der Waals surface area (Å²) in [5, 5.41) is 2.93. The Morgan fingerprint density at radius 2 is 1.96 bits per heavy atom. The van der Waals surface area contributed by atoms with E-state index in [1.54, 1.807) is 13.1 Å². The lowest BCUT2D eigenvalue weighted by atomic mass is 9.99. The number of aromatic nitrogens is 1. The van der Waals surface area contributed by atoms with Crippen molar-refractivity contribution < 1.29 is 9.59 Å². The van der Waals surface area contributed by atoms with E-state index in [0.717, 1.165) is 16.8 Å². The third-order valence-corrected chi connectivity index (χ3v) is 4.83. The molecular formula is C21H25N3O2. The predicted molar refractivity (Wildman–Crippen MR) is 100 cm³/mol. The Balaban J connectivity index is 1.75. The molecule has 1 aliphatic heterocycles. The molecule has 0 saturated carbocycles. The number of amides is 2. The third-order valence-electron chi connectivity index (χ3n) is 4.83. The number of nitrogens with one attached hydrogen (secondary N) is 1. The second kappa shape index (κ2) is 7.28. The molecule has 2 heterocycles. The van der Waals surface area contributed by atoms with E-state index in [1.165, 1.54) is 5.56 Å². The van der Waals surface area contributed by atoms with Gasteiger partial charge in [-0.3, -0.25) is 14.6 Å². The number of carbonyl (C=O) groups excluding carboxylic acids is 2. The van der Waals surface area contributed by atoms with Crippen molar-refractivity contribution in [2.45, 2.75) is 46.8 Å². The molecule has 1 aromatic heterocycles. The highest BCUT2D eigenvalue weighted by molar-refractivity contribution is 5.94. The molecule has 1 aliphatic rings. The number of rotatable bonds is 4. The molecule has 0 fully saturated rings. The Bertz CT molecular complexity index is 828. The van der Waals surface area contributed by atoms with E-state index < -0.39 is 0 Å². The average molecular weight is 351 g/mol. The van der Waals surface area contributed by atoms with Gasteiger partial charge in [-0.15, -0.1) is 0 Å². The monoisotopic (exact) mass is 351 g/mol. The zero-order valence-electron chi connectivity index (χ0n) is 15.7. The van der Waals surface area contributed by atoms with E-state index >= 15 is 0 Å². The van der Waals surface area contributed by atoms with E-state index in [1.807, 2.05) is 42.2 Å². The van der Waals surface area contributed by atoms with Crippen LogP contribution in [0.15, 0.2) is 36.5 Å². The highest BCUT2D eigenvalue weighted by atomic mass is 16.2.